The van der Waals surface area contributed by atoms with Gasteiger partial charge in [-0.05, 0) is 42.2 Å². The van der Waals surface area contributed by atoms with Gasteiger partial charge in [-0.2, -0.15) is 30.4 Å². The van der Waals surface area contributed by atoms with Crippen molar-refractivity contribution in [3.05, 3.63) is 82.9 Å². The van der Waals surface area contributed by atoms with Crippen molar-refractivity contribution < 1.29 is 9.90 Å². The first-order valence-corrected chi connectivity index (χ1v) is 8.95. The van der Waals surface area contributed by atoms with Crippen molar-refractivity contribution in [1.82, 2.24) is 14.8 Å². The molecule has 0 saturated heterocycles. The number of nitrogens with zero attached hydrogens (tertiary/aromatic N) is 3. The Kier molecular flexibility index (Phi) is 5.38. The largest absolute Gasteiger partial charge is 0.478 e. The second-order valence-corrected chi connectivity index (χ2v) is 8.43. The van der Waals surface area contributed by atoms with E-state index in [2.05, 4.69) is 35.3 Å². The summed E-state index contributed by atoms with van der Waals surface area (Å²) in [4.78, 5) is 15.3. The van der Waals surface area contributed by atoms with Crippen LogP contribution in [-0.2, 0) is 17.0 Å². The van der Waals surface area contributed by atoms with E-state index < -0.39 is 10.0 Å². The van der Waals surface area contributed by atoms with Crippen molar-refractivity contribution in [2.24, 2.45) is 0 Å². The van der Waals surface area contributed by atoms with Crippen LogP contribution >= 0.6 is 25.3 Å². The van der Waals surface area contributed by atoms with Crippen molar-refractivity contribution in [2.45, 2.75) is 24.0 Å². The maximum absolute atomic E-state index is 11.1. The Morgan fingerprint density at radius 1 is 1.12 bits per heavy atom. The lowest BCUT2D eigenvalue weighted by atomic mass is 10.0. The van der Waals surface area contributed by atoms with Gasteiger partial charge in [-0.1, -0.05) is 36.4 Å². The molecule has 5 nitrogen and oxygen atoms in total. The van der Waals surface area contributed by atoms with E-state index in [1.165, 1.54) is 0 Å². The molecular formula is C19H19N3O2S2. The van der Waals surface area contributed by atoms with E-state index in [0.717, 1.165) is 16.7 Å². The van der Waals surface area contributed by atoms with E-state index in [4.69, 9.17) is 5.11 Å². The highest BCUT2D eigenvalue weighted by Gasteiger charge is 2.21. The Hall–Kier alpha value is -2.25. The summed E-state index contributed by atoms with van der Waals surface area (Å²) in [6.07, 6.45) is 2.36. The van der Waals surface area contributed by atoms with Gasteiger partial charge in [0.25, 0.3) is 0 Å². The molecule has 7 heteroatoms. The quantitative estimate of drug-likeness (QED) is 0.448. The first-order valence-electron chi connectivity index (χ1n) is 8.06. The number of hydrogen-bond acceptors (Lipinski definition) is 5. The minimum atomic E-state index is -0.909. The predicted octanol–water partition coefficient (Wildman–Crippen LogP) is 3.65. The summed E-state index contributed by atoms with van der Waals surface area (Å²) in [7, 11) is 0. The predicted molar refractivity (Wildman–Crippen MR) is 107 cm³/mol. The van der Waals surface area contributed by atoms with Crippen LogP contribution in [0.1, 0.15) is 39.8 Å². The zero-order valence-corrected chi connectivity index (χ0v) is 16.0. The summed E-state index contributed by atoms with van der Waals surface area (Å²) in [6, 6.07) is 15.2. The average Bonchev–Trinajstić information content (AvgIpc) is 3.06. The summed E-state index contributed by atoms with van der Waals surface area (Å²) < 4.78 is 1.09. The first kappa shape index (κ1) is 18.5. The molecule has 0 amide bonds. The fourth-order valence-electron chi connectivity index (χ4n) is 2.59. The summed E-state index contributed by atoms with van der Waals surface area (Å²) in [6.45, 7) is 2.44. The molecule has 26 heavy (non-hydrogen) atoms. The van der Waals surface area contributed by atoms with Gasteiger partial charge in [0.1, 0.15) is 10.4 Å². The van der Waals surface area contributed by atoms with Crippen LogP contribution in [0.15, 0.2) is 54.9 Å². The third-order valence-corrected chi connectivity index (χ3v) is 4.31. The van der Waals surface area contributed by atoms with Gasteiger partial charge >= 0.3 is 5.97 Å². The Balaban J connectivity index is 1.68. The van der Waals surface area contributed by atoms with Gasteiger partial charge in [-0.3, -0.25) is 0 Å². The molecule has 3 rings (SSSR count). The van der Waals surface area contributed by atoms with Crippen molar-refractivity contribution in [3.63, 3.8) is 0 Å². The van der Waals surface area contributed by atoms with Crippen LogP contribution in [0.3, 0.4) is 0 Å². The zero-order chi connectivity index (χ0) is 18.7. The van der Waals surface area contributed by atoms with Crippen LogP contribution in [0.4, 0.5) is 0 Å². The molecule has 1 heterocycles. The third-order valence-electron chi connectivity index (χ3n) is 3.91. The van der Waals surface area contributed by atoms with Crippen LogP contribution in [0.2, 0.25) is 0 Å². The molecular weight excluding hydrogens is 366 g/mol. The number of carboxylic acid groups (broad SMARTS) is 1. The van der Waals surface area contributed by atoms with Gasteiger partial charge in [-0.25, -0.2) is 14.5 Å². The van der Waals surface area contributed by atoms with Crippen molar-refractivity contribution >= 4 is 31.2 Å². The fraction of sp³-hybridized carbons (Fsp3) is 0.211. The minimum absolute atomic E-state index is 0.307. The van der Waals surface area contributed by atoms with Gasteiger partial charge in [0.05, 0.1) is 12.1 Å². The number of benzene rings is 2. The number of carbonyl (C=O) groups is 1. The molecule has 1 N–H and O–H groups in total. The molecule has 0 fully saturated rings. The van der Waals surface area contributed by atoms with Gasteiger partial charge in [-0.15, -0.1) is 0 Å². The van der Waals surface area contributed by atoms with E-state index >= 15 is 0 Å². The van der Waals surface area contributed by atoms with Crippen molar-refractivity contribution in [3.8, 4) is 0 Å². The van der Waals surface area contributed by atoms with E-state index in [-0.39, 0.29) is 0 Å². The highest BCUT2D eigenvalue weighted by atomic mass is 32.2. The number of thiol groups is 2. The molecule has 0 aliphatic rings. The van der Waals surface area contributed by atoms with E-state index in [1.54, 1.807) is 29.2 Å². The highest BCUT2D eigenvalue weighted by Crippen LogP contribution is 2.28. The Bertz CT molecular complexity index is 915. The molecule has 0 saturated carbocycles. The maximum atomic E-state index is 11.1. The topological polar surface area (TPSA) is 68.0 Å². The summed E-state index contributed by atoms with van der Waals surface area (Å²) in [5.74, 6) is -0.341. The SMILES string of the molecule is CC(S)(S)c1ncn(Cc2ccc(Cc3cccc(C(=O)O)c3)cc2)n1. The molecule has 2 aromatic carbocycles. The number of rotatable bonds is 6. The first-order chi connectivity index (χ1) is 12.3. The lowest BCUT2D eigenvalue weighted by Crippen LogP contribution is -2.09. The molecule has 134 valence electrons. The summed E-state index contributed by atoms with van der Waals surface area (Å²) >= 11 is 8.71. The molecule has 0 radical (unpaired) electrons. The highest BCUT2D eigenvalue weighted by molar-refractivity contribution is 7.99. The summed E-state index contributed by atoms with van der Waals surface area (Å²) in [5, 5.41) is 13.5. The van der Waals surface area contributed by atoms with Crippen LogP contribution in [0, 0.1) is 0 Å². The molecule has 1 aromatic heterocycles. The lowest BCUT2D eigenvalue weighted by molar-refractivity contribution is 0.0696. The number of hydrogen-bond donors (Lipinski definition) is 3. The Morgan fingerprint density at radius 2 is 1.81 bits per heavy atom. The third kappa shape index (κ3) is 4.68. The monoisotopic (exact) mass is 385 g/mol. The zero-order valence-electron chi connectivity index (χ0n) is 14.2. The molecule has 3 aromatic rings. The molecule has 0 spiro atoms. The van der Waals surface area contributed by atoms with Crippen molar-refractivity contribution in [1.29, 1.82) is 0 Å². The van der Waals surface area contributed by atoms with Crippen molar-refractivity contribution in [2.75, 3.05) is 0 Å². The summed E-state index contributed by atoms with van der Waals surface area (Å²) in [5.41, 5.74) is 3.50. The van der Waals surface area contributed by atoms with E-state index in [0.29, 0.717) is 24.4 Å². The van der Waals surface area contributed by atoms with Gasteiger partial charge in [0.2, 0.25) is 0 Å². The van der Waals surface area contributed by atoms with Gasteiger partial charge in [0.15, 0.2) is 5.82 Å². The van der Waals surface area contributed by atoms with E-state index in [1.807, 2.05) is 37.3 Å². The van der Waals surface area contributed by atoms with Crippen LogP contribution in [0.5, 0.6) is 0 Å². The van der Waals surface area contributed by atoms with E-state index in [9.17, 15) is 4.79 Å². The van der Waals surface area contributed by atoms with Crippen LogP contribution in [0.25, 0.3) is 0 Å². The number of aromatic nitrogens is 3. The maximum Gasteiger partial charge on any atom is 0.335 e. The Morgan fingerprint density at radius 3 is 2.42 bits per heavy atom. The lowest BCUT2D eigenvalue weighted by Gasteiger charge is -2.10. The molecule has 0 aliphatic carbocycles. The smallest absolute Gasteiger partial charge is 0.335 e. The average molecular weight is 386 g/mol. The van der Waals surface area contributed by atoms with Crippen LogP contribution < -0.4 is 0 Å². The molecule has 0 aliphatic heterocycles. The van der Waals surface area contributed by atoms with Gasteiger partial charge in [0, 0.05) is 0 Å². The second kappa shape index (κ2) is 7.55. The standard InChI is InChI=1S/C19H19N3O2S2/c1-19(25,26)18-20-12-22(21-18)11-14-7-5-13(6-8-14)9-15-3-2-4-16(10-15)17(23)24/h2-8,10,12,25-26H,9,11H2,1H3,(H,23,24). The number of carboxylic acids is 1. The molecule has 0 unspecified atom stereocenters. The van der Waals surface area contributed by atoms with Gasteiger partial charge < -0.3 is 5.11 Å². The molecule has 0 bridgehead atoms. The minimum Gasteiger partial charge on any atom is -0.478 e. The fourth-order valence-corrected chi connectivity index (χ4v) is 2.79. The Labute approximate surface area is 162 Å². The van der Waals surface area contributed by atoms with Crippen LogP contribution in [-0.4, -0.2) is 25.8 Å². The normalized spacial score (nSPS) is 11.5. The second-order valence-electron chi connectivity index (χ2n) is 6.29. The molecule has 0 atom stereocenters. The number of aromatic carboxylic acids is 1.